The van der Waals surface area contributed by atoms with Crippen LogP contribution < -0.4 is 9.47 Å². The molecule has 0 aliphatic rings. The number of benzene rings is 2. The third-order valence-corrected chi connectivity index (χ3v) is 4.96. The van der Waals surface area contributed by atoms with Crippen LogP contribution in [0.4, 0.5) is 0 Å². The minimum absolute atomic E-state index is 0.0943. The number of rotatable bonds is 10. The van der Waals surface area contributed by atoms with Crippen LogP contribution in [0.3, 0.4) is 0 Å². The highest BCUT2D eigenvalue weighted by molar-refractivity contribution is 5.66. The van der Waals surface area contributed by atoms with Gasteiger partial charge in [-0.15, -0.1) is 0 Å². The van der Waals surface area contributed by atoms with Gasteiger partial charge in [-0.05, 0) is 47.2 Å². The van der Waals surface area contributed by atoms with E-state index in [0.717, 1.165) is 11.1 Å². The van der Waals surface area contributed by atoms with Crippen LogP contribution in [0.5, 0.6) is 11.5 Å². The third kappa shape index (κ3) is 6.31. The molecule has 0 fully saturated rings. The quantitative estimate of drug-likeness (QED) is 0.457. The van der Waals surface area contributed by atoms with Gasteiger partial charge in [0.05, 0.1) is 6.61 Å². The number of aliphatic hydroxyl groups excluding tert-OH is 1. The van der Waals surface area contributed by atoms with E-state index in [0.29, 0.717) is 24.5 Å². The second-order valence-electron chi connectivity index (χ2n) is 8.59. The fourth-order valence-electron chi connectivity index (χ4n) is 3.06. The normalized spacial score (nSPS) is 13.4. The van der Waals surface area contributed by atoms with E-state index in [1.165, 1.54) is 17.3 Å². The van der Waals surface area contributed by atoms with E-state index in [4.69, 9.17) is 14.6 Å². The summed E-state index contributed by atoms with van der Waals surface area (Å²) < 4.78 is 13.2. The van der Waals surface area contributed by atoms with Gasteiger partial charge in [0.1, 0.15) is 30.3 Å². The molecule has 0 aliphatic heterocycles. The molecular formula is C24H29N3O5. The van der Waals surface area contributed by atoms with Crippen molar-refractivity contribution in [3.05, 3.63) is 61.2 Å². The summed E-state index contributed by atoms with van der Waals surface area (Å²) in [7, 11) is 0. The summed E-state index contributed by atoms with van der Waals surface area (Å²) in [5.74, 6) is 0.485. The Bertz CT molecular complexity index is 980. The van der Waals surface area contributed by atoms with E-state index in [2.05, 4.69) is 10.1 Å². The summed E-state index contributed by atoms with van der Waals surface area (Å²) in [5, 5.41) is 23.6. The fourth-order valence-corrected chi connectivity index (χ4v) is 3.06. The Kier molecular flexibility index (Phi) is 7.48. The van der Waals surface area contributed by atoms with Gasteiger partial charge in [-0.25, -0.2) is 9.67 Å². The number of aromatic nitrogens is 3. The first kappa shape index (κ1) is 23.3. The number of carboxylic acid groups (broad SMARTS) is 1. The van der Waals surface area contributed by atoms with E-state index in [1.54, 1.807) is 0 Å². The van der Waals surface area contributed by atoms with Crippen molar-refractivity contribution in [1.82, 2.24) is 14.8 Å². The van der Waals surface area contributed by atoms with E-state index in [-0.39, 0.29) is 6.42 Å². The molecular weight excluding hydrogens is 410 g/mol. The van der Waals surface area contributed by atoms with Crippen LogP contribution in [-0.4, -0.2) is 43.7 Å². The number of hydrogen-bond acceptors (Lipinski definition) is 6. The maximum atomic E-state index is 10.8. The van der Waals surface area contributed by atoms with Crippen molar-refractivity contribution in [1.29, 1.82) is 0 Å². The summed E-state index contributed by atoms with van der Waals surface area (Å²) in [6.45, 7) is 6.18. The molecule has 0 aliphatic carbocycles. The summed E-state index contributed by atoms with van der Waals surface area (Å²) in [6.07, 6.45) is 2.00. The van der Waals surface area contributed by atoms with Gasteiger partial charge in [-0.1, -0.05) is 45.0 Å². The first-order chi connectivity index (χ1) is 15.2. The number of nitrogens with zero attached hydrogens (tertiary/aromatic N) is 3. The predicted molar refractivity (Wildman–Crippen MR) is 119 cm³/mol. The summed E-state index contributed by atoms with van der Waals surface area (Å²) in [6, 6.07) is 15.2. The van der Waals surface area contributed by atoms with Gasteiger partial charge in [-0.3, -0.25) is 4.79 Å². The molecule has 0 spiro atoms. The molecule has 170 valence electrons. The molecule has 2 atom stereocenters. The summed E-state index contributed by atoms with van der Waals surface area (Å²) in [5.41, 5.74) is 1.61. The van der Waals surface area contributed by atoms with Crippen LogP contribution in [0.2, 0.25) is 0 Å². The average molecular weight is 440 g/mol. The van der Waals surface area contributed by atoms with E-state index in [1.807, 2.05) is 69.3 Å². The number of hydrogen-bond donors (Lipinski definition) is 2. The highest BCUT2D eigenvalue weighted by Gasteiger charge is 2.34. The van der Waals surface area contributed by atoms with Gasteiger partial charge in [0.25, 0.3) is 0 Å². The third-order valence-electron chi connectivity index (χ3n) is 4.96. The smallest absolute Gasteiger partial charge is 0.303 e. The molecule has 32 heavy (non-hydrogen) atoms. The first-order valence-corrected chi connectivity index (χ1v) is 10.5. The molecule has 8 heteroatoms. The Morgan fingerprint density at radius 3 is 2.12 bits per heavy atom. The Balaban J connectivity index is 1.65. The summed E-state index contributed by atoms with van der Waals surface area (Å²) >= 11 is 0. The lowest BCUT2D eigenvalue weighted by Gasteiger charge is -2.32. The van der Waals surface area contributed by atoms with E-state index >= 15 is 0 Å². The highest BCUT2D eigenvalue weighted by Crippen LogP contribution is 2.31. The van der Waals surface area contributed by atoms with Gasteiger partial charge >= 0.3 is 5.97 Å². The highest BCUT2D eigenvalue weighted by atomic mass is 16.5. The van der Waals surface area contributed by atoms with Gasteiger partial charge in [0, 0.05) is 6.42 Å². The van der Waals surface area contributed by atoms with Crippen LogP contribution in [0, 0.1) is 5.41 Å². The molecule has 0 radical (unpaired) electrons. The van der Waals surface area contributed by atoms with Crippen molar-refractivity contribution in [2.24, 2.45) is 5.41 Å². The monoisotopic (exact) mass is 439 g/mol. The van der Waals surface area contributed by atoms with Crippen molar-refractivity contribution in [2.45, 2.75) is 45.9 Å². The van der Waals surface area contributed by atoms with Crippen molar-refractivity contribution < 1.29 is 24.5 Å². The maximum Gasteiger partial charge on any atom is 0.303 e. The second kappa shape index (κ2) is 10.3. The molecule has 3 aromatic rings. The van der Waals surface area contributed by atoms with Gasteiger partial charge < -0.3 is 19.7 Å². The standard InChI is InChI=1S/C24H29N3O5/c1-24(2,3)22(30)23(27-16-25-15-26-27)32-20-12-8-18(9-13-20)17-6-10-19(11-7-17)31-14-4-5-21(28)29/h6-13,15-16,22-23,30H,4-5,14H2,1-3H3,(H,28,29). The Morgan fingerprint density at radius 1 is 1.03 bits per heavy atom. The molecule has 8 nitrogen and oxygen atoms in total. The number of ether oxygens (including phenoxy) is 2. The predicted octanol–water partition coefficient (Wildman–Crippen LogP) is 4.17. The molecule has 2 unspecified atom stereocenters. The lowest BCUT2D eigenvalue weighted by Crippen LogP contribution is -2.38. The van der Waals surface area contributed by atoms with Crippen LogP contribution >= 0.6 is 0 Å². The molecule has 0 saturated heterocycles. The van der Waals surface area contributed by atoms with E-state index < -0.39 is 23.7 Å². The lowest BCUT2D eigenvalue weighted by atomic mass is 9.88. The van der Waals surface area contributed by atoms with Crippen molar-refractivity contribution in [3.8, 4) is 22.6 Å². The first-order valence-electron chi connectivity index (χ1n) is 10.5. The van der Waals surface area contributed by atoms with Crippen molar-refractivity contribution in [2.75, 3.05) is 6.61 Å². The van der Waals surface area contributed by atoms with Crippen molar-refractivity contribution in [3.63, 3.8) is 0 Å². The lowest BCUT2D eigenvalue weighted by molar-refractivity contribution is -0.137. The number of carbonyl (C=O) groups is 1. The number of aliphatic carboxylic acids is 1. The molecule has 1 heterocycles. The topological polar surface area (TPSA) is 107 Å². The Hall–Kier alpha value is -3.39. The fraction of sp³-hybridized carbons (Fsp3) is 0.375. The minimum Gasteiger partial charge on any atom is -0.494 e. The zero-order valence-corrected chi connectivity index (χ0v) is 18.5. The molecule has 0 bridgehead atoms. The zero-order valence-electron chi connectivity index (χ0n) is 18.5. The summed E-state index contributed by atoms with van der Waals surface area (Å²) in [4.78, 5) is 14.5. The Morgan fingerprint density at radius 2 is 1.62 bits per heavy atom. The number of carboxylic acids is 1. The van der Waals surface area contributed by atoms with Crippen LogP contribution in [0.15, 0.2) is 61.2 Å². The molecule has 0 saturated carbocycles. The van der Waals surface area contributed by atoms with Crippen molar-refractivity contribution >= 4 is 5.97 Å². The zero-order chi connectivity index (χ0) is 23.1. The minimum atomic E-state index is -0.822. The maximum absolute atomic E-state index is 10.8. The largest absolute Gasteiger partial charge is 0.494 e. The number of aliphatic hydroxyl groups is 1. The molecule has 3 rings (SSSR count). The van der Waals surface area contributed by atoms with Gasteiger partial charge in [0.15, 0.2) is 0 Å². The Labute approximate surface area is 187 Å². The molecule has 2 N–H and O–H groups in total. The average Bonchev–Trinajstić information content (AvgIpc) is 3.29. The van der Waals surface area contributed by atoms with Crippen LogP contribution in [0.25, 0.3) is 11.1 Å². The van der Waals surface area contributed by atoms with Crippen LogP contribution in [-0.2, 0) is 4.79 Å². The van der Waals surface area contributed by atoms with Gasteiger partial charge in [0.2, 0.25) is 6.23 Å². The SMILES string of the molecule is CC(C)(C)C(O)C(Oc1ccc(-c2ccc(OCCCC(=O)O)cc2)cc1)n1cncn1. The second-order valence-corrected chi connectivity index (χ2v) is 8.59. The molecule has 1 aromatic heterocycles. The molecule has 0 amide bonds. The van der Waals surface area contributed by atoms with Gasteiger partial charge in [-0.2, -0.15) is 5.10 Å². The van der Waals surface area contributed by atoms with E-state index in [9.17, 15) is 9.90 Å². The molecule has 2 aromatic carbocycles. The van der Waals surface area contributed by atoms with Crippen LogP contribution in [0.1, 0.15) is 39.8 Å².